The smallest absolute Gasteiger partial charge is 0.236 e. The lowest BCUT2D eigenvalue weighted by atomic mass is 10.1. The zero-order valence-corrected chi connectivity index (χ0v) is 7.99. The molecular formula is C10H15N3O. The number of rotatable bonds is 5. The topological polar surface area (TPSA) is 81.1 Å². The van der Waals surface area contributed by atoms with E-state index in [1.165, 1.54) is 5.56 Å². The summed E-state index contributed by atoms with van der Waals surface area (Å²) in [6, 6.07) is 7.79. The summed E-state index contributed by atoms with van der Waals surface area (Å²) in [5, 5.41) is 2.91. The Balaban J connectivity index is 2.50. The summed E-state index contributed by atoms with van der Waals surface area (Å²) < 4.78 is 0. The molecule has 4 heteroatoms. The number of hydrogen-bond acceptors (Lipinski definition) is 3. The molecule has 0 saturated carbocycles. The first kappa shape index (κ1) is 10.5. The SMILES string of the molecule is NCCc1ccc(NCC(N)=O)cc1. The molecule has 0 saturated heterocycles. The van der Waals surface area contributed by atoms with Crippen LogP contribution in [0.5, 0.6) is 0 Å². The minimum atomic E-state index is -0.365. The van der Waals surface area contributed by atoms with Crippen LogP contribution in [0.25, 0.3) is 0 Å². The highest BCUT2D eigenvalue weighted by Crippen LogP contribution is 2.08. The number of carbonyl (C=O) groups excluding carboxylic acids is 1. The van der Waals surface area contributed by atoms with Crippen LogP contribution in [0.3, 0.4) is 0 Å². The normalized spacial score (nSPS) is 9.79. The molecule has 0 spiro atoms. The highest BCUT2D eigenvalue weighted by atomic mass is 16.1. The van der Waals surface area contributed by atoms with Crippen LogP contribution in [0.2, 0.25) is 0 Å². The first-order chi connectivity index (χ1) is 6.72. The van der Waals surface area contributed by atoms with E-state index in [-0.39, 0.29) is 12.5 Å². The number of amides is 1. The molecule has 4 nitrogen and oxygen atoms in total. The third-order valence-corrected chi connectivity index (χ3v) is 1.85. The molecule has 0 aliphatic carbocycles. The molecule has 0 fully saturated rings. The van der Waals surface area contributed by atoms with Gasteiger partial charge in [-0.25, -0.2) is 0 Å². The van der Waals surface area contributed by atoms with Gasteiger partial charge in [0.05, 0.1) is 6.54 Å². The number of primary amides is 1. The summed E-state index contributed by atoms with van der Waals surface area (Å²) in [5.74, 6) is -0.365. The van der Waals surface area contributed by atoms with Crippen LogP contribution in [-0.4, -0.2) is 19.0 Å². The predicted octanol–water partition coefficient (Wildman–Crippen LogP) is 0.0850. The molecule has 0 aromatic heterocycles. The standard InChI is InChI=1S/C10H15N3O/c11-6-5-8-1-3-9(4-2-8)13-7-10(12)14/h1-4,13H,5-7,11H2,(H2,12,14). The van der Waals surface area contributed by atoms with Crippen LogP contribution in [0.1, 0.15) is 5.56 Å². The zero-order valence-electron chi connectivity index (χ0n) is 7.99. The molecule has 0 aliphatic rings. The first-order valence-electron chi connectivity index (χ1n) is 4.53. The number of benzene rings is 1. The summed E-state index contributed by atoms with van der Waals surface area (Å²) in [7, 11) is 0. The maximum Gasteiger partial charge on any atom is 0.236 e. The molecule has 1 aromatic carbocycles. The Labute approximate surface area is 83.3 Å². The molecule has 1 rings (SSSR count). The van der Waals surface area contributed by atoms with Gasteiger partial charge in [-0.1, -0.05) is 12.1 Å². The largest absolute Gasteiger partial charge is 0.376 e. The van der Waals surface area contributed by atoms with Gasteiger partial charge in [0.15, 0.2) is 0 Å². The number of nitrogens with one attached hydrogen (secondary N) is 1. The van der Waals surface area contributed by atoms with Gasteiger partial charge in [0.2, 0.25) is 5.91 Å². The maximum atomic E-state index is 10.5. The molecule has 1 aromatic rings. The zero-order chi connectivity index (χ0) is 10.4. The van der Waals surface area contributed by atoms with Gasteiger partial charge in [0.25, 0.3) is 0 Å². The van der Waals surface area contributed by atoms with Crippen molar-refractivity contribution in [2.45, 2.75) is 6.42 Å². The average molecular weight is 193 g/mol. The molecule has 0 radical (unpaired) electrons. The van der Waals surface area contributed by atoms with E-state index in [1.54, 1.807) is 0 Å². The predicted molar refractivity (Wildman–Crippen MR) is 56.9 cm³/mol. The highest BCUT2D eigenvalue weighted by molar-refractivity contribution is 5.78. The van der Waals surface area contributed by atoms with Crippen LogP contribution >= 0.6 is 0 Å². The van der Waals surface area contributed by atoms with Crippen molar-refractivity contribution in [3.8, 4) is 0 Å². The lowest BCUT2D eigenvalue weighted by molar-refractivity contribution is -0.116. The van der Waals surface area contributed by atoms with Gasteiger partial charge in [0.1, 0.15) is 0 Å². The molecule has 5 N–H and O–H groups in total. The third kappa shape index (κ3) is 3.45. The number of hydrogen-bond donors (Lipinski definition) is 3. The van der Waals surface area contributed by atoms with Gasteiger partial charge in [-0.2, -0.15) is 0 Å². The molecule has 0 heterocycles. The fourth-order valence-corrected chi connectivity index (χ4v) is 1.15. The second-order valence-electron chi connectivity index (χ2n) is 3.06. The minimum Gasteiger partial charge on any atom is -0.376 e. The van der Waals surface area contributed by atoms with E-state index in [0.29, 0.717) is 6.54 Å². The lowest BCUT2D eigenvalue weighted by Crippen LogP contribution is -2.21. The van der Waals surface area contributed by atoms with Gasteiger partial charge in [-0.3, -0.25) is 4.79 Å². The Bertz CT molecular complexity index is 295. The monoisotopic (exact) mass is 193 g/mol. The van der Waals surface area contributed by atoms with Gasteiger partial charge in [-0.05, 0) is 30.7 Å². The van der Waals surface area contributed by atoms with Crippen molar-refractivity contribution in [1.29, 1.82) is 0 Å². The second-order valence-corrected chi connectivity index (χ2v) is 3.06. The molecule has 0 unspecified atom stereocenters. The van der Waals surface area contributed by atoms with Crippen molar-refractivity contribution in [3.05, 3.63) is 29.8 Å². The van der Waals surface area contributed by atoms with Crippen LogP contribution in [-0.2, 0) is 11.2 Å². The third-order valence-electron chi connectivity index (χ3n) is 1.85. The summed E-state index contributed by atoms with van der Waals surface area (Å²) in [6.07, 6.45) is 0.871. The molecule has 0 aliphatic heterocycles. The number of nitrogens with two attached hydrogens (primary N) is 2. The van der Waals surface area contributed by atoms with Crippen molar-refractivity contribution >= 4 is 11.6 Å². The lowest BCUT2D eigenvalue weighted by Gasteiger charge is -2.04. The molecule has 76 valence electrons. The molecule has 0 bridgehead atoms. The van der Waals surface area contributed by atoms with E-state index < -0.39 is 0 Å². The van der Waals surface area contributed by atoms with E-state index in [9.17, 15) is 4.79 Å². The van der Waals surface area contributed by atoms with Crippen LogP contribution in [0.4, 0.5) is 5.69 Å². The van der Waals surface area contributed by atoms with Crippen molar-refractivity contribution in [1.82, 2.24) is 0 Å². The summed E-state index contributed by atoms with van der Waals surface area (Å²) >= 11 is 0. The van der Waals surface area contributed by atoms with Crippen molar-refractivity contribution in [2.24, 2.45) is 11.5 Å². The van der Waals surface area contributed by atoms with Gasteiger partial charge >= 0.3 is 0 Å². The molecule has 14 heavy (non-hydrogen) atoms. The van der Waals surface area contributed by atoms with Gasteiger partial charge < -0.3 is 16.8 Å². The molecular weight excluding hydrogens is 178 g/mol. The Hall–Kier alpha value is -1.55. The first-order valence-corrected chi connectivity index (χ1v) is 4.53. The maximum absolute atomic E-state index is 10.5. The second kappa shape index (κ2) is 5.24. The Morgan fingerprint density at radius 3 is 2.43 bits per heavy atom. The van der Waals surface area contributed by atoms with E-state index in [2.05, 4.69) is 5.32 Å². The van der Waals surface area contributed by atoms with Gasteiger partial charge in [0, 0.05) is 5.69 Å². The fraction of sp³-hybridized carbons (Fsp3) is 0.300. The van der Waals surface area contributed by atoms with Crippen molar-refractivity contribution in [2.75, 3.05) is 18.4 Å². The number of anilines is 1. The Morgan fingerprint density at radius 1 is 1.29 bits per heavy atom. The van der Waals surface area contributed by atoms with Crippen LogP contribution < -0.4 is 16.8 Å². The summed E-state index contributed by atoms with van der Waals surface area (Å²) in [5.41, 5.74) is 12.5. The van der Waals surface area contributed by atoms with Crippen molar-refractivity contribution in [3.63, 3.8) is 0 Å². The number of carbonyl (C=O) groups is 1. The molecule has 1 amide bonds. The summed E-state index contributed by atoms with van der Waals surface area (Å²) in [4.78, 5) is 10.5. The van der Waals surface area contributed by atoms with Crippen LogP contribution in [0.15, 0.2) is 24.3 Å². The average Bonchev–Trinajstić information content (AvgIpc) is 2.17. The Morgan fingerprint density at radius 2 is 1.93 bits per heavy atom. The fourth-order valence-electron chi connectivity index (χ4n) is 1.15. The van der Waals surface area contributed by atoms with E-state index in [4.69, 9.17) is 11.5 Å². The van der Waals surface area contributed by atoms with Gasteiger partial charge in [-0.15, -0.1) is 0 Å². The Kier molecular flexibility index (Phi) is 3.94. The quantitative estimate of drug-likeness (QED) is 0.619. The highest BCUT2D eigenvalue weighted by Gasteiger charge is 1.95. The summed E-state index contributed by atoms with van der Waals surface area (Å²) in [6.45, 7) is 0.810. The van der Waals surface area contributed by atoms with E-state index >= 15 is 0 Å². The van der Waals surface area contributed by atoms with Crippen LogP contribution in [0, 0.1) is 0 Å². The van der Waals surface area contributed by atoms with Crippen molar-refractivity contribution < 1.29 is 4.79 Å². The van der Waals surface area contributed by atoms with E-state index in [0.717, 1.165) is 12.1 Å². The molecule has 0 atom stereocenters. The minimum absolute atomic E-state index is 0.163. The van der Waals surface area contributed by atoms with E-state index in [1.807, 2.05) is 24.3 Å².